The molecule has 1 aromatic rings. The predicted molar refractivity (Wildman–Crippen MR) is 76.4 cm³/mol. The number of rotatable bonds is 5. The fourth-order valence-corrected chi connectivity index (χ4v) is 2.78. The zero-order valence-electron chi connectivity index (χ0n) is 11.8. The predicted octanol–water partition coefficient (Wildman–Crippen LogP) is 3.36. The van der Waals surface area contributed by atoms with Gasteiger partial charge >= 0.3 is 0 Å². The van der Waals surface area contributed by atoms with Crippen molar-refractivity contribution in [1.82, 2.24) is 5.32 Å². The summed E-state index contributed by atoms with van der Waals surface area (Å²) in [5.41, 5.74) is 3.01. The van der Waals surface area contributed by atoms with Crippen LogP contribution < -0.4 is 10.1 Å². The minimum Gasteiger partial charge on any atom is -0.497 e. The van der Waals surface area contributed by atoms with E-state index in [2.05, 4.69) is 37.4 Å². The quantitative estimate of drug-likeness (QED) is 0.861. The number of benzene rings is 1. The molecule has 0 saturated carbocycles. The highest BCUT2D eigenvalue weighted by Crippen LogP contribution is 2.33. The summed E-state index contributed by atoms with van der Waals surface area (Å²) in [6, 6.07) is 6.57. The molecule has 0 amide bonds. The molecule has 18 heavy (non-hydrogen) atoms. The van der Waals surface area contributed by atoms with Gasteiger partial charge in [-0.1, -0.05) is 19.9 Å². The van der Waals surface area contributed by atoms with E-state index >= 15 is 0 Å². The molecule has 2 rings (SSSR count). The van der Waals surface area contributed by atoms with Gasteiger partial charge in [0.25, 0.3) is 0 Å². The molecule has 0 radical (unpaired) electrons. The molecule has 0 heterocycles. The summed E-state index contributed by atoms with van der Waals surface area (Å²) < 4.78 is 5.31. The Balaban J connectivity index is 2.03. The van der Waals surface area contributed by atoms with Crippen LogP contribution in [0, 0.1) is 5.92 Å². The first-order valence-corrected chi connectivity index (χ1v) is 7.08. The lowest BCUT2D eigenvalue weighted by atomic mass is 9.82. The molecule has 1 aromatic carbocycles. The van der Waals surface area contributed by atoms with Crippen LogP contribution in [0.1, 0.15) is 43.7 Å². The maximum atomic E-state index is 5.31. The fourth-order valence-electron chi connectivity index (χ4n) is 2.78. The number of nitrogens with one attached hydrogen (secondary N) is 1. The summed E-state index contributed by atoms with van der Waals surface area (Å²) in [6.45, 7) is 6.73. The van der Waals surface area contributed by atoms with Gasteiger partial charge in [-0.25, -0.2) is 0 Å². The maximum Gasteiger partial charge on any atom is 0.119 e. The largest absolute Gasteiger partial charge is 0.497 e. The van der Waals surface area contributed by atoms with Crippen LogP contribution in [0.25, 0.3) is 0 Å². The van der Waals surface area contributed by atoms with Crippen molar-refractivity contribution >= 4 is 0 Å². The summed E-state index contributed by atoms with van der Waals surface area (Å²) in [7, 11) is 1.74. The van der Waals surface area contributed by atoms with Gasteiger partial charge in [0.15, 0.2) is 0 Å². The molecule has 1 unspecified atom stereocenters. The second-order valence-corrected chi connectivity index (χ2v) is 5.71. The second-order valence-electron chi connectivity index (χ2n) is 5.71. The monoisotopic (exact) mass is 247 g/mol. The molecule has 0 aromatic heterocycles. The summed E-state index contributed by atoms with van der Waals surface area (Å²) in [4.78, 5) is 0. The highest BCUT2D eigenvalue weighted by molar-refractivity contribution is 5.39. The Morgan fingerprint density at radius 2 is 2.22 bits per heavy atom. The lowest BCUT2D eigenvalue weighted by Gasteiger charge is -2.26. The van der Waals surface area contributed by atoms with Crippen molar-refractivity contribution in [2.75, 3.05) is 20.2 Å². The summed E-state index contributed by atoms with van der Waals surface area (Å²) >= 11 is 0. The topological polar surface area (TPSA) is 21.3 Å². The molecule has 1 atom stereocenters. The van der Waals surface area contributed by atoms with Crippen molar-refractivity contribution in [2.24, 2.45) is 5.92 Å². The van der Waals surface area contributed by atoms with E-state index in [0.717, 1.165) is 24.8 Å². The molecule has 2 heteroatoms. The van der Waals surface area contributed by atoms with E-state index in [-0.39, 0.29) is 0 Å². The first kappa shape index (κ1) is 13.4. The van der Waals surface area contributed by atoms with E-state index in [1.54, 1.807) is 7.11 Å². The number of hydrogen-bond acceptors (Lipinski definition) is 2. The molecule has 1 aliphatic rings. The van der Waals surface area contributed by atoms with E-state index in [0.29, 0.717) is 5.92 Å². The minimum atomic E-state index is 0.679. The van der Waals surface area contributed by atoms with Gasteiger partial charge in [-0.3, -0.25) is 0 Å². The number of ether oxygens (including phenoxy) is 1. The van der Waals surface area contributed by atoms with Gasteiger partial charge in [0.2, 0.25) is 0 Å². The van der Waals surface area contributed by atoms with E-state index < -0.39 is 0 Å². The van der Waals surface area contributed by atoms with Crippen LogP contribution in [0.15, 0.2) is 18.2 Å². The average molecular weight is 247 g/mol. The van der Waals surface area contributed by atoms with Gasteiger partial charge < -0.3 is 10.1 Å². The van der Waals surface area contributed by atoms with Crippen molar-refractivity contribution in [2.45, 2.75) is 39.0 Å². The number of fused-ring (bicyclic) bond motifs is 1. The van der Waals surface area contributed by atoms with E-state index in [1.165, 1.54) is 30.4 Å². The van der Waals surface area contributed by atoms with Crippen molar-refractivity contribution < 1.29 is 4.74 Å². The molecule has 2 nitrogen and oxygen atoms in total. The second kappa shape index (κ2) is 6.24. The third-order valence-corrected chi connectivity index (χ3v) is 3.73. The van der Waals surface area contributed by atoms with Crippen molar-refractivity contribution in [3.05, 3.63) is 29.3 Å². The lowest BCUT2D eigenvalue weighted by Crippen LogP contribution is -2.27. The van der Waals surface area contributed by atoms with Gasteiger partial charge in [-0.05, 0) is 60.9 Å². The summed E-state index contributed by atoms with van der Waals surface area (Å²) in [5.74, 6) is 2.40. The average Bonchev–Trinajstić information content (AvgIpc) is 2.38. The Bertz CT molecular complexity index is 387. The third kappa shape index (κ3) is 3.26. The van der Waals surface area contributed by atoms with E-state index in [4.69, 9.17) is 4.74 Å². The number of methoxy groups -OCH3 is 1. The van der Waals surface area contributed by atoms with Gasteiger partial charge in [-0.2, -0.15) is 0 Å². The molecular formula is C16H25NO. The van der Waals surface area contributed by atoms with Gasteiger partial charge in [0.05, 0.1) is 7.11 Å². The number of hydrogen-bond donors (Lipinski definition) is 1. The number of aryl methyl sites for hydroxylation is 1. The molecular weight excluding hydrogens is 222 g/mol. The molecule has 0 saturated heterocycles. The Morgan fingerprint density at radius 3 is 2.94 bits per heavy atom. The summed E-state index contributed by atoms with van der Waals surface area (Å²) in [6.07, 6.45) is 3.81. The van der Waals surface area contributed by atoms with Crippen molar-refractivity contribution in [1.29, 1.82) is 0 Å². The first-order chi connectivity index (χ1) is 8.70. The van der Waals surface area contributed by atoms with Gasteiger partial charge in [0, 0.05) is 6.54 Å². The van der Waals surface area contributed by atoms with Crippen LogP contribution in [0.3, 0.4) is 0 Å². The van der Waals surface area contributed by atoms with Crippen LogP contribution >= 0.6 is 0 Å². The fraction of sp³-hybridized carbons (Fsp3) is 0.625. The van der Waals surface area contributed by atoms with Crippen LogP contribution in [-0.2, 0) is 6.42 Å². The Labute approximate surface area is 111 Å². The first-order valence-electron chi connectivity index (χ1n) is 7.08. The van der Waals surface area contributed by atoms with E-state index in [9.17, 15) is 0 Å². The maximum absolute atomic E-state index is 5.31. The molecule has 0 aliphatic heterocycles. The molecule has 0 fully saturated rings. The van der Waals surface area contributed by atoms with Crippen LogP contribution in [0.5, 0.6) is 5.75 Å². The Hall–Kier alpha value is -1.02. The standard InChI is InChI=1S/C16H25NO/c1-12(2)10-17-11-14-6-4-5-13-9-15(18-3)7-8-16(13)14/h7-9,12,14,17H,4-6,10-11H2,1-3H3. The molecule has 100 valence electrons. The zero-order valence-corrected chi connectivity index (χ0v) is 11.8. The third-order valence-electron chi connectivity index (χ3n) is 3.73. The van der Waals surface area contributed by atoms with Gasteiger partial charge in [0.1, 0.15) is 5.75 Å². The summed E-state index contributed by atoms with van der Waals surface area (Å²) in [5, 5.41) is 3.59. The molecule has 0 bridgehead atoms. The zero-order chi connectivity index (χ0) is 13.0. The normalized spacial score (nSPS) is 18.8. The highest BCUT2D eigenvalue weighted by Gasteiger charge is 2.20. The van der Waals surface area contributed by atoms with Crippen molar-refractivity contribution in [3.63, 3.8) is 0 Å². The highest BCUT2D eigenvalue weighted by atomic mass is 16.5. The molecule has 1 aliphatic carbocycles. The van der Waals surface area contributed by atoms with Gasteiger partial charge in [-0.15, -0.1) is 0 Å². The van der Waals surface area contributed by atoms with Crippen LogP contribution in [0.2, 0.25) is 0 Å². The van der Waals surface area contributed by atoms with Crippen LogP contribution in [-0.4, -0.2) is 20.2 Å². The lowest BCUT2D eigenvalue weighted by molar-refractivity contribution is 0.412. The smallest absolute Gasteiger partial charge is 0.119 e. The SMILES string of the molecule is COc1ccc2c(c1)CCCC2CNCC(C)C. The minimum absolute atomic E-state index is 0.679. The van der Waals surface area contributed by atoms with E-state index in [1.807, 2.05) is 0 Å². The Kier molecular flexibility index (Phi) is 4.65. The molecule has 0 spiro atoms. The van der Waals surface area contributed by atoms with Crippen LogP contribution in [0.4, 0.5) is 0 Å². The van der Waals surface area contributed by atoms with Crippen molar-refractivity contribution in [3.8, 4) is 5.75 Å². The molecule has 1 N–H and O–H groups in total. The Morgan fingerprint density at radius 1 is 1.39 bits per heavy atom.